The third kappa shape index (κ3) is 1.65. The highest BCUT2D eigenvalue weighted by Gasteiger charge is 2.60. The van der Waals surface area contributed by atoms with E-state index >= 15 is 0 Å². The minimum absolute atomic E-state index is 0.259. The average Bonchev–Trinajstić information content (AvgIpc) is 2.84. The molecule has 9 nitrogen and oxygen atoms in total. The first-order valence-electron chi connectivity index (χ1n) is 6.21. The molecule has 0 aromatic rings. The molecule has 0 aliphatic carbocycles. The van der Waals surface area contributed by atoms with Gasteiger partial charge in [-0.05, 0) is 0 Å². The molecule has 0 fully saturated rings. The molecule has 9 heteroatoms. The van der Waals surface area contributed by atoms with Crippen LogP contribution in [0.25, 0.3) is 0 Å². The van der Waals surface area contributed by atoms with Crippen molar-refractivity contribution in [1.29, 1.82) is 0 Å². The van der Waals surface area contributed by atoms with Crippen LogP contribution in [0.1, 0.15) is 0 Å². The summed E-state index contributed by atoms with van der Waals surface area (Å²) >= 11 is 0. The van der Waals surface area contributed by atoms with Crippen molar-refractivity contribution in [3.8, 4) is 0 Å². The lowest BCUT2D eigenvalue weighted by molar-refractivity contribution is -0.143. The highest BCUT2D eigenvalue weighted by atomic mass is 16.5. The van der Waals surface area contributed by atoms with Crippen LogP contribution in [0.3, 0.4) is 0 Å². The molecule has 0 spiro atoms. The molecule has 0 bridgehead atoms. The fourth-order valence-electron chi connectivity index (χ4n) is 2.52. The fourth-order valence-corrected chi connectivity index (χ4v) is 2.52. The van der Waals surface area contributed by atoms with Gasteiger partial charge in [0.1, 0.15) is 5.57 Å². The highest BCUT2D eigenvalue weighted by molar-refractivity contribution is 6.20. The molecule has 0 saturated heterocycles. The maximum Gasteiger partial charge on any atom is 0.296 e. The molecule has 0 saturated carbocycles. The van der Waals surface area contributed by atoms with E-state index in [1.54, 1.807) is 0 Å². The number of likely N-dealkylation sites (N-methyl/N-ethyl adjacent to an activating group) is 2. The molecule has 1 atom stereocenters. The quantitative estimate of drug-likeness (QED) is 0.633. The summed E-state index contributed by atoms with van der Waals surface area (Å²) in [7, 11) is 6.12. The molecule has 120 valence electrons. The Bertz CT molecular complexity index is 636. The summed E-state index contributed by atoms with van der Waals surface area (Å²) in [5, 5.41) is 11.0. The van der Waals surface area contributed by atoms with E-state index in [-0.39, 0.29) is 17.3 Å². The third-order valence-electron chi connectivity index (χ3n) is 3.71. The number of aliphatic hydroxyl groups is 1. The number of carbonyl (C=O) groups is 3. The average molecular weight is 312 g/mol. The number of imide groups is 1. The van der Waals surface area contributed by atoms with Gasteiger partial charge < -0.3 is 19.3 Å². The monoisotopic (exact) mass is 312 g/mol. The van der Waals surface area contributed by atoms with Crippen molar-refractivity contribution in [2.45, 2.75) is 5.72 Å². The van der Waals surface area contributed by atoms with Crippen LogP contribution in [-0.4, -0.2) is 73.8 Å². The van der Waals surface area contributed by atoms with Gasteiger partial charge >= 0.3 is 0 Å². The van der Waals surface area contributed by atoms with Gasteiger partial charge in [-0.2, -0.15) is 0 Å². The van der Waals surface area contributed by atoms with Crippen molar-refractivity contribution in [3.63, 3.8) is 0 Å². The van der Waals surface area contributed by atoms with Crippen LogP contribution >= 0.6 is 0 Å². The van der Waals surface area contributed by atoms with Crippen molar-refractivity contribution < 1.29 is 33.7 Å². The summed E-state index contributed by atoms with van der Waals surface area (Å²) in [5.41, 5.74) is -2.69. The van der Waals surface area contributed by atoms with E-state index in [0.29, 0.717) is 0 Å². The van der Waals surface area contributed by atoms with Gasteiger partial charge in [-0.3, -0.25) is 24.2 Å². The van der Waals surface area contributed by atoms with Gasteiger partial charge in [0.25, 0.3) is 17.7 Å². The van der Waals surface area contributed by atoms with Crippen molar-refractivity contribution in [2.24, 2.45) is 0 Å². The van der Waals surface area contributed by atoms with E-state index in [2.05, 4.69) is 0 Å². The Morgan fingerprint density at radius 3 is 1.86 bits per heavy atom. The number of rotatable bonds is 4. The van der Waals surface area contributed by atoms with Crippen LogP contribution < -0.4 is 0 Å². The van der Waals surface area contributed by atoms with Crippen molar-refractivity contribution in [1.82, 2.24) is 9.80 Å². The topological polar surface area (TPSA) is 106 Å². The SMILES string of the molecule is COC1=C(OC)[C@@](O)(C2=C(OC)C(=O)N(C)C2=O)N(C)C1=O. The first-order chi connectivity index (χ1) is 10.3. The predicted octanol–water partition coefficient (Wildman–Crippen LogP) is -1.45. The normalized spacial score (nSPS) is 25.6. The van der Waals surface area contributed by atoms with E-state index < -0.39 is 29.0 Å². The molecule has 1 N–H and O–H groups in total. The Balaban J connectivity index is 2.76. The number of methoxy groups -OCH3 is 3. The van der Waals surface area contributed by atoms with E-state index in [1.165, 1.54) is 35.4 Å². The summed E-state index contributed by atoms with van der Waals surface area (Å²) in [4.78, 5) is 38.1. The number of ether oxygens (including phenoxy) is 3. The van der Waals surface area contributed by atoms with Gasteiger partial charge in [-0.25, -0.2) is 0 Å². The molecule has 0 aromatic carbocycles. The van der Waals surface area contributed by atoms with E-state index in [1.807, 2.05) is 0 Å². The summed E-state index contributed by atoms with van der Waals surface area (Å²) in [6, 6.07) is 0. The molecule has 2 rings (SSSR count). The summed E-state index contributed by atoms with van der Waals surface area (Å²) in [5.74, 6) is -3.12. The van der Waals surface area contributed by atoms with Crippen LogP contribution in [0, 0.1) is 0 Å². The number of nitrogens with zero attached hydrogens (tertiary/aromatic N) is 2. The molecule has 3 amide bonds. The van der Waals surface area contributed by atoms with Crippen LogP contribution in [0.5, 0.6) is 0 Å². The zero-order valence-electron chi connectivity index (χ0n) is 12.8. The van der Waals surface area contributed by atoms with Crippen LogP contribution in [0.2, 0.25) is 0 Å². The Labute approximate surface area is 126 Å². The summed E-state index contributed by atoms with van der Waals surface area (Å²) in [6.07, 6.45) is 0. The van der Waals surface area contributed by atoms with Crippen molar-refractivity contribution in [2.75, 3.05) is 35.4 Å². The molecule has 0 radical (unpaired) electrons. The maximum absolute atomic E-state index is 12.3. The van der Waals surface area contributed by atoms with E-state index in [4.69, 9.17) is 14.2 Å². The zero-order chi connectivity index (χ0) is 16.8. The highest BCUT2D eigenvalue weighted by Crippen LogP contribution is 2.42. The van der Waals surface area contributed by atoms with Crippen molar-refractivity contribution in [3.05, 3.63) is 22.9 Å². The second-order valence-corrected chi connectivity index (χ2v) is 4.68. The van der Waals surface area contributed by atoms with Gasteiger partial charge in [0.05, 0.1) is 21.3 Å². The Hall–Kier alpha value is -2.55. The minimum Gasteiger partial charge on any atom is -0.492 e. The summed E-state index contributed by atoms with van der Waals surface area (Å²) in [6.45, 7) is 0. The maximum atomic E-state index is 12.3. The lowest BCUT2D eigenvalue weighted by Gasteiger charge is -2.32. The van der Waals surface area contributed by atoms with Gasteiger partial charge in [-0.1, -0.05) is 0 Å². The fraction of sp³-hybridized carbons (Fsp3) is 0.462. The molecule has 2 aliphatic heterocycles. The minimum atomic E-state index is -2.29. The van der Waals surface area contributed by atoms with E-state index in [9.17, 15) is 19.5 Å². The molecular weight excluding hydrogens is 296 g/mol. The molecular formula is C13H16N2O7. The smallest absolute Gasteiger partial charge is 0.296 e. The molecule has 0 unspecified atom stereocenters. The predicted molar refractivity (Wildman–Crippen MR) is 70.6 cm³/mol. The lowest BCUT2D eigenvalue weighted by atomic mass is 10.00. The van der Waals surface area contributed by atoms with Gasteiger partial charge in [0.15, 0.2) is 5.76 Å². The molecule has 22 heavy (non-hydrogen) atoms. The second kappa shape index (κ2) is 5.02. The van der Waals surface area contributed by atoms with Crippen molar-refractivity contribution >= 4 is 17.7 Å². The molecule has 2 heterocycles. The Kier molecular flexibility index (Phi) is 3.61. The van der Waals surface area contributed by atoms with Gasteiger partial charge in [0, 0.05) is 14.1 Å². The van der Waals surface area contributed by atoms with Crippen LogP contribution in [-0.2, 0) is 28.6 Å². The Morgan fingerprint density at radius 2 is 1.41 bits per heavy atom. The lowest BCUT2D eigenvalue weighted by Crippen LogP contribution is -2.50. The standard InChI is InChI=1S/C13H16N2O7/c1-14-10(16)6(7(20-3)11(14)17)13(19)9(22-5)8(21-4)12(18)15(13)2/h19H,1-5H3/t13-/m0/s1. The first-order valence-corrected chi connectivity index (χ1v) is 6.21. The second-order valence-electron chi connectivity index (χ2n) is 4.68. The number of carbonyl (C=O) groups excluding carboxylic acids is 3. The van der Waals surface area contributed by atoms with Crippen LogP contribution in [0.15, 0.2) is 22.9 Å². The summed E-state index contributed by atoms with van der Waals surface area (Å²) < 4.78 is 15.0. The molecule has 2 aliphatic rings. The number of amides is 3. The largest absolute Gasteiger partial charge is 0.492 e. The van der Waals surface area contributed by atoms with Gasteiger partial charge in [-0.15, -0.1) is 0 Å². The zero-order valence-corrected chi connectivity index (χ0v) is 12.8. The number of hydrogen-bond donors (Lipinski definition) is 1. The Morgan fingerprint density at radius 1 is 0.864 bits per heavy atom. The number of hydrogen-bond acceptors (Lipinski definition) is 7. The third-order valence-corrected chi connectivity index (χ3v) is 3.71. The van der Waals surface area contributed by atoms with Gasteiger partial charge in [0.2, 0.25) is 17.2 Å². The molecule has 0 aromatic heterocycles. The van der Waals surface area contributed by atoms with Crippen LogP contribution in [0.4, 0.5) is 0 Å². The van der Waals surface area contributed by atoms with E-state index in [0.717, 1.165) is 9.80 Å². The first kappa shape index (κ1) is 15.8.